The van der Waals surface area contributed by atoms with Gasteiger partial charge < -0.3 is 18.8 Å². The first-order chi connectivity index (χ1) is 56.0. The van der Waals surface area contributed by atoms with Crippen molar-refractivity contribution in [3.63, 3.8) is 0 Å². The van der Waals surface area contributed by atoms with Crippen molar-refractivity contribution in [2.75, 3.05) is 9.80 Å². The fourth-order valence-electron chi connectivity index (χ4n) is 16.4. The van der Waals surface area contributed by atoms with Crippen LogP contribution in [0.3, 0.4) is 0 Å². The van der Waals surface area contributed by atoms with Crippen molar-refractivity contribution >= 4 is 94.0 Å². The molecule has 110 heavy (non-hydrogen) atoms. The van der Waals surface area contributed by atoms with Crippen LogP contribution < -0.4 is 9.80 Å². The molecule has 3 aromatic heterocycles. The molecular weight excluding hydrogens is 1330 g/mol. The molecule has 0 N–H and O–H groups in total. The summed E-state index contributed by atoms with van der Waals surface area (Å²) in [6.07, 6.45) is 0. The number of para-hydroxylation sites is 3. The fourth-order valence-corrected chi connectivity index (χ4v) is 16.4. The SMILES string of the molecule is [2H]c1c([2H])c([2H])c2c(c1[2H])c1c([2H])c(-c3ccccc3)c([2H])c([2H])c1n2-c1cccc(N(c2c(-c3ccccc3)cc(C(C)(C)C)cc2-c2ccccc2)c2cc(N(c3ccc(-c4cc(C(C)(C)C)cc(C(C)(C)C)c4)cc3)c3c(-c4ccccc4)cc(C(C)(C)C)cc3-c3ccccc3)c3c4ccccc4n4c5ccccc5c2c34)c1. The largest absolute Gasteiger partial charge is 0.309 e. The highest BCUT2D eigenvalue weighted by Crippen LogP contribution is 2.59. The van der Waals surface area contributed by atoms with Gasteiger partial charge in [-0.15, -0.1) is 0 Å². The monoisotopic (exact) mass is 1430 g/mol. The van der Waals surface area contributed by atoms with Crippen molar-refractivity contribution in [3.05, 3.63) is 362 Å². The van der Waals surface area contributed by atoms with Crippen LogP contribution in [0.1, 0.15) is 115 Å². The van der Waals surface area contributed by atoms with Crippen LogP contribution in [-0.4, -0.2) is 8.97 Å². The molecule has 18 aromatic rings. The average Bonchev–Trinajstić information content (AvgIpc) is 1.54. The molecule has 0 fully saturated rings. The Bertz CT molecular complexity index is 6810. The first-order valence-electron chi connectivity index (χ1n) is 41.9. The molecule has 0 unspecified atom stereocenters. The summed E-state index contributed by atoms with van der Waals surface area (Å²) in [4.78, 5) is 5.01. The molecule has 0 radical (unpaired) electrons. The first kappa shape index (κ1) is 61.5. The summed E-state index contributed by atoms with van der Waals surface area (Å²) in [5.41, 5.74) is 23.8. The van der Waals surface area contributed by atoms with Crippen LogP contribution in [-0.2, 0) is 21.7 Å². The minimum atomic E-state index is -0.460. The molecule has 0 aliphatic rings. The van der Waals surface area contributed by atoms with E-state index >= 15 is 0 Å². The number of fused-ring (bicyclic) bond motifs is 9. The van der Waals surface area contributed by atoms with E-state index in [0.29, 0.717) is 16.9 Å². The number of benzene rings is 15. The van der Waals surface area contributed by atoms with E-state index in [4.69, 9.17) is 0 Å². The van der Waals surface area contributed by atoms with Crippen LogP contribution in [0.4, 0.5) is 34.1 Å². The third-order valence-corrected chi connectivity index (χ3v) is 22.2. The van der Waals surface area contributed by atoms with Gasteiger partial charge in [0, 0.05) is 71.6 Å². The van der Waals surface area contributed by atoms with Gasteiger partial charge in [0.25, 0.3) is 0 Å². The second-order valence-electron chi connectivity index (χ2n) is 33.6. The van der Waals surface area contributed by atoms with Gasteiger partial charge in [0.1, 0.15) is 0 Å². The van der Waals surface area contributed by atoms with E-state index in [1.165, 1.54) is 16.7 Å². The van der Waals surface area contributed by atoms with Gasteiger partial charge in [-0.1, -0.05) is 332 Å². The van der Waals surface area contributed by atoms with Gasteiger partial charge in [-0.05, 0) is 179 Å². The Morgan fingerprint density at radius 1 is 0.273 bits per heavy atom. The van der Waals surface area contributed by atoms with Crippen molar-refractivity contribution in [2.45, 2.75) is 105 Å². The maximum Gasteiger partial charge on any atom is 0.0662 e. The van der Waals surface area contributed by atoms with Crippen molar-refractivity contribution in [2.24, 2.45) is 0 Å². The zero-order valence-electron chi connectivity index (χ0n) is 71.6. The molecule has 0 aliphatic carbocycles. The van der Waals surface area contributed by atoms with E-state index in [-0.39, 0.29) is 79.2 Å². The maximum atomic E-state index is 10.3. The van der Waals surface area contributed by atoms with Gasteiger partial charge >= 0.3 is 0 Å². The highest BCUT2D eigenvalue weighted by Gasteiger charge is 2.36. The van der Waals surface area contributed by atoms with Crippen LogP contribution in [0.25, 0.3) is 132 Å². The molecule has 0 atom stereocenters. The first-order valence-corrected chi connectivity index (χ1v) is 38.4. The summed E-state index contributed by atoms with van der Waals surface area (Å²) in [5, 5.41) is 4.35. The lowest BCUT2D eigenvalue weighted by Crippen LogP contribution is -2.19. The van der Waals surface area contributed by atoms with E-state index < -0.39 is 12.1 Å². The quantitative estimate of drug-likeness (QED) is 0.114. The lowest BCUT2D eigenvalue weighted by atomic mass is 9.79. The summed E-state index contributed by atoms with van der Waals surface area (Å²) in [7, 11) is 0. The van der Waals surface area contributed by atoms with E-state index in [2.05, 4.69) is 352 Å². The third-order valence-electron chi connectivity index (χ3n) is 22.2. The molecule has 0 amide bonds. The van der Waals surface area contributed by atoms with E-state index in [1.807, 2.05) is 42.5 Å². The summed E-state index contributed by atoms with van der Waals surface area (Å²) in [5.74, 6) is 0. The number of hydrogen-bond donors (Lipinski definition) is 0. The number of anilines is 6. The van der Waals surface area contributed by atoms with Gasteiger partial charge in [-0.25, -0.2) is 0 Å². The normalized spacial score (nSPS) is 13.3. The molecule has 4 heteroatoms. The Kier molecular flexibility index (Phi) is 14.9. The average molecular weight is 1430 g/mol. The van der Waals surface area contributed by atoms with E-state index in [9.17, 15) is 9.60 Å². The van der Waals surface area contributed by atoms with Crippen LogP contribution in [0, 0.1) is 0 Å². The molecule has 0 spiro atoms. The smallest absolute Gasteiger partial charge is 0.0662 e. The van der Waals surface area contributed by atoms with Crippen LogP contribution >= 0.6 is 0 Å². The number of nitrogens with zero attached hydrogens (tertiary/aromatic N) is 4. The van der Waals surface area contributed by atoms with Crippen molar-refractivity contribution in [3.8, 4) is 72.4 Å². The van der Waals surface area contributed by atoms with Crippen molar-refractivity contribution in [1.82, 2.24) is 8.97 Å². The second-order valence-corrected chi connectivity index (χ2v) is 33.6. The molecule has 15 aromatic carbocycles. The van der Waals surface area contributed by atoms with E-state index in [0.717, 1.165) is 128 Å². The minimum Gasteiger partial charge on any atom is -0.309 e. The standard InChI is InChI=1S/C106H92N4/c1-103(2,3)77-59-76(60-78(62-77)104(4,5)6)70-53-56-81(57-54-70)108(100-87(71-37-20-14-21-38-71)63-79(105(7,8)9)64-88(100)72-39-22-15-23-40-72)96-68-97(99-86-49-30-33-52-94(86)110-93-51-32-29-48-85(93)98(96)102(99)110)109(101-89(73-41-24-16-25-42-73)65-80(106(10,11)12)66-90(101)74-43-26-17-27-44-74)83-46-34-45-82(67-83)107-92-50-31-28-47-84(92)91-61-75(55-58-95(91)107)69-35-18-13-19-36-69/h13-68H,1-12H3/i28D,31D,47D,50D,55D,58D,61D. The summed E-state index contributed by atoms with van der Waals surface area (Å²) < 4.78 is 73.3. The Hall–Kier alpha value is -12.5. The zero-order valence-corrected chi connectivity index (χ0v) is 64.6. The van der Waals surface area contributed by atoms with Gasteiger partial charge in [0.05, 0.1) is 59.9 Å². The third kappa shape index (κ3) is 12.1. The highest BCUT2D eigenvalue weighted by atomic mass is 15.2. The number of aromatic nitrogens is 2. The highest BCUT2D eigenvalue weighted by molar-refractivity contribution is 6.32. The molecule has 0 bridgehead atoms. The predicted octanol–water partition coefficient (Wildman–Crippen LogP) is 30.1. The van der Waals surface area contributed by atoms with Gasteiger partial charge in [0.2, 0.25) is 0 Å². The lowest BCUT2D eigenvalue weighted by Gasteiger charge is -2.36. The summed E-state index contributed by atoms with van der Waals surface area (Å²) in [6.45, 7) is 27.5. The van der Waals surface area contributed by atoms with Gasteiger partial charge in [-0.2, -0.15) is 0 Å². The molecular formula is C106H92N4. The molecule has 0 saturated carbocycles. The number of rotatable bonds is 13. The molecule has 0 aliphatic heterocycles. The Morgan fingerprint density at radius 3 is 1.12 bits per heavy atom. The Morgan fingerprint density at radius 2 is 0.664 bits per heavy atom. The Labute approximate surface area is 657 Å². The Balaban J connectivity index is 1.05. The topological polar surface area (TPSA) is 15.8 Å². The van der Waals surface area contributed by atoms with Gasteiger partial charge in [-0.3, -0.25) is 0 Å². The maximum absolute atomic E-state index is 10.3. The van der Waals surface area contributed by atoms with Crippen LogP contribution in [0.15, 0.2) is 340 Å². The van der Waals surface area contributed by atoms with Gasteiger partial charge in [0.15, 0.2) is 0 Å². The minimum absolute atomic E-state index is 0.0932. The number of hydrogen-bond acceptors (Lipinski definition) is 2. The van der Waals surface area contributed by atoms with Crippen LogP contribution in [0.5, 0.6) is 0 Å². The van der Waals surface area contributed by atoms with Crippen molar-refractivity contribution < 1.29 is 9.60 Å². The molecule has 18 rings (SSSR count). The van der Waals surface area contributed by atoms with E-state index in [1.54, 1.807) is 4.57 Å². The molecule has 536 valence electrons. The fraction of sp³-hybridized carbons (Fsp3) is 0.151. The van der Waals surface area contributed by atoms with Crippen LogP contribution in [0.2, 0.25) is 0 Å². The predicted molar refractivity (Wildman–Crippen MR) is 472 cm³/mol. The summed E-state index contributed by atoms with van der Waals surface area (Å²) >= 11 is 0. The van der Waals surface area contributed by atoms with Crippen molar-refractivity contribution in [1.29, 1.82) is 0 Å². The lowest BCUT2D eigenvalue weighted by molar-refractivity contribution is 0.569. The zero-order chi connectivity index (χ0) is 81.6. The molecule has 0 saturated heterocycles. The molecule has 4 nitrogen and oxygen atoms in total. The molecule has 3 heterocycles. The second kappa shape index (κ2) is 26.7. The summed E-state index contributed by atoms with van der Waals surface area (Å²) in [6, 6.07) is 104.